The molecule has 5 heteroatoms. The summed E-state index contributed by atoms with van der Waals surface area (Å²) in [5, 5.41) is 12.2. The summed E-state index contributed by atoms with van der Waals surface area (Å²) in [6.45, 7) is 6.39. The van der Waals surface area contributed by atoms with Crippen LogP contribution in [0.3, 0.4) is 0 Å². The minimum atomic E-state index is -0.673. The Bertz CT molecular complexity index is 303. The number of carbonyl (C=O) groups is 2. The minimum Gasteiger partial charge on any atom is -0.481 e. The number of hydrogen-bond acceptors (Lipinski definition) is 3. The molecule has 0 bridgehead atoms. The summed E-state index contributed by atoms with van der Waals surface area (Å²) in [6, 6.07) is 0. The zero-order valence-electron chi connectivity index (χ0n) is 11.4. The Labute approximate surface area is 109 Å². The number of carboxylic acids is 1. The van der Waals surface area contributed by atoms with Gasteiger partial charge >= 0.3 is 5.97 Å². The van der Waals surface area contributed by atoms with Crippen LogP contribution in [0.5, 0.6) is 0 Å². The third kappa shape index (κ3) is 3.98. The number of aliphatic carboxylic acids is 1. The number of piperidine rings is 1. The second kappa shape index (κ2) is 6.73. The van der Waals surface area contributed by atoms with E-state index < -0.39 is 11.4 Å². The van der Waals surface area contributed by atoms with Crippen LogP contribution in [-0.4, -0.2) is 48.1 Å². The van der Waals surface area contributed by atoms with E-state index in [0.717, 1.165) is 38.8 Å². The van der Waals surface area contributed by atoms with Crippen LogP contribution in [0.4, 0.5) is 0 Å². The highest BCUT2D eigenvalue weighted by molar-refractivity contribution is 5.75. The summed E-state index contributed by atoms with van der Waals surface area (Å²) in [5.41, 5.74) is -0.580. The van der Waals surface area contributed by atoms with Crippen LogP contribution < -0.4 is 5.32 Å². The van der Waals surface area contributed by atoms with Crippen LogP contribution in [0, 0.1) is 5.41 Å². The molecule has 0 saturated carbocycles. The summed E-state index contributed by atoms with van der Waals surface area (Å²) in [5.74, 6) is -0.710. The average Bonchev–Trinajstić information content (AvgIpc) is 2.29. The van der Waals surface area contributed by atoms with Gasteiger partial charge < -0.3 is 15.3 Å². The molecule has 2 N–H and O–H groups in total. The molecule has 1 heterocycles. The van der Waals surface area contributed by atoms with Crippen LogP contribution in [0.2, 0.25) is 0 Å². The quantitative estimate of drug-likeness (QED) is 0.746. The highest BCUT2D eigenvalue weighted by Gasteiger charge is 2.41. The van der Waals surface area contributed by atoms with Crippen molar-refractivity contribution < 1.29 is 14.7 Å². The smallest absolute Gasteiger partial charge is 0.310 e. The minimum absolute atomic E-state index is 0.0370. The van der Waals surface area contributed by atoms with E-state index in [2.05, 4.69) is 10.2 Å². The third-order valence-corrected chi connectivity index (χ3v) is 3.64. The lowest BCUT2D eigenvalue weighted by atomic mass is 9.76. The first-order valence-corrected chi connectivity index (χ1v) is 6.70. The monoisotopic (exact) mass is 256 g/mol. The lowest BCUT2D eigenvalue weighted by molar-refractivity contribution is -0.153. The van der Waals surface area contributed by atoms with Gasteiger partial charge in [0.1, 0.15) is 0 Å². The molecule has 0 aromatic heterocycles. The second-order valence-corrected chi connectivity index (χ2v) is 5.20. The fourth-order valence-corrected chi connectivity index (χ4v) is 2.77. The van der Waals surface area contributed by atoms with Crippen molar-refractivity contribution in [3.05, 3.63) is 0 Å². The van der Waals surface area contributed by atoms with Gasteiger partial charge in [0.25, 0.3) is 0 Å². The molecule has 0 aromatic carbocycles. The Hall–Kier alpha value is -1.10. The van der Waals surface area contributed by atoms with Crippen molar-refractivity contribution in [1.82, 2.24) is 10.2 Å². The molecule has 0 aliphatic carbocycles. The summed E-state index contributed by atoms with van der Waals surface area (Å²) in [6.07, 6.45) is 3.32. The molecule has 104 valence electrons. The van der Waals surface area contributed by atoms with E-state index in [1.54, 1.807) is 0 Å². The Balaban J connectivity index is 2.52. The zero-order valence-corrected chi connectivity index (χ0v) is 11.4. The highest BCUT2D eigenvalue weighted by atomic mass is 16.4. The number of rotatable bonds is 6. The molecule has 1 atom stereocenters. The number of nitrogens with zero attached hydrogens (tertiary/aromatic N) is 1. The molecule has 1 amide bonds. The van der Waals surface area contributed by atoms with E-state index in [9.17, 15) is 14.7 Å². The molecule has 5 nitrogen and oxygen atoms in total. The number of amides is 1. The predicted molar refractivity (Wildman–Crippen MR) is 69.3 cm³/mol. The lowest BCUT2D eigenvalue weighted by Gasteiger charge is -2.40. The Morgan fingerprint density at radius 1 is 1.44 bits per heavy atom. The first kappa shape index (κ1) is 15.0. The van der Waals surface area contributed by atoms with Crippen LogP contribution in [-0.2, 0) is 9.59 Å². The standard InChI is InChI=1S/C13H24N2O3/c1-3-5-13(12(17)18)6-4-8-15(10-13)9-7-14-11(2)16/h3-10H2,1-2H3,(H,14,16)(H,17,18). The van der Waals surface area contributed by atoms with Crippen LogP contribution >= 0.6 is 0 Å². The van der Waals surface area contributed by atoms with Crippen LogP contribution in [0.15, 0.2) is 0 Å². The number of hydrogen-bond donors (Lipinski definition) is 2. The van der Waals surface area contributed by atoms with Gasteiger partial charge in [-0.3, -0.25) is 9.59 Å². The fourth-order valence-electron chi connectivity index (χ4n) is 2.77. The zero-order chi connectivity index (χ0) is 13.6. The Morgan fingerprint density at radius 2 is 2.17 bits per heavy atom. The average molecular weight is 256 g/mol. The van der Waals surface area contributed by atoms with Crippen molar-refractivity contribution in [2.24, 2.45) is 5.41 Å². The molecule has 18 heavy (non-hydrogen) atoms. The van der Waals surface area contributed by atoms with E-state index in [4.69, 9.17) is 0 Å². The molecule has 0 radical (unpaired) electrons. The maximum Gasteiger partial charge on any atom is 0.310 e. The summed E-state index contributed by atoms with van der Waals surface area (Å²) < 4.78 is 0. The highest BCUT2D eigenvalue weighted by Crippen LogP contribution is 2.34. The van der Waals surface area contributed by atoms with E-state index in [1.807, 2.05) is 6.92 Å². The van der Waals surface area contributed by atoms with E-state index >= 15 is 0 Å². The van der Waals surface area contributed by atoms with Gasteiger partial charge in [0.05, 0.1) is 5.41 Å². The van der Waals surface area contributed by atoms with E-state index in [1.165, 1.54) is 6.92 Å². The fraction of sp³-hybridized carbons (Fsp3) is 0.846. The number of likely N-dealkylation sites (tertiary alicyclic amines) is 1. The molecule has 1 fully saturated rings. The van der Waals surface area contributed by atoms with Gasteiger partial charge in [-0.1, -0.05) is 13.3 Å². The normalized spacial score (nSPS) is 24.8. The Kier molecular flexibility index (Phi) is 5.59. The molecule has 1 aliphatic heterocycles. The van der Waals surface area contributed by atoms with Crippen molar-refractivity contribution in [1.29, 1.82) is 0 Å². The summed E-state index contributed by atoms with van der Waals surface area (Å²) in [4.78, 5) is 24.5. The van der Waals surface area contributed by atoms with Gasteiger partial charge in [0.15, 0.2) is 0 Å². The predicted octanol–water partition coefficient (Wildman–Crippen LogP) is 1.09. The maximum atomic E-state index is 11.5. The molecular weight excluding hydrogens is 232 g/mol. The summed E-state index contributed by atoms with van der Waals surface area (Å²) in [7, 11) is 0. The molecule has 1 saturated heterocycles. The molecule has 0 spiro atoms. The van der Waals surface area contributed by atoms with Crippen molar-refractivity contribution >= 4 is 11.9 Å². The second-order valence-electron chi connectivity index (χ2n) is 5.20. The van der Waals surface area contributed by atoms with Gasteiger partial charge in [-0.05, 0) is 25.8 Å². The van der Waals surface area contributed by atoms with E-state index in [0.29, 0.717) is 13.1 Å². The topological polar surface area (TPSA) is 69.6 Å². The largest absolute Gasteiger partial charge is 0.481 e. The first-order chi connectivity index (χ1) is 8.50. The van der Waals surface area contributed by atoms with Crippen molar-refractivity contribution in [2.75, 3.05) is 26.2 Å². The van der Waals surface area contributed by atoms with Gasteiger partial charge in [-0.25, -0.2) is 0 Å². The van der Waals surface area contributed by atoms with Gasteiger partial charge in [-0.15, -0.1) is 0 Å². The van der Waals surface area contributed by atoms with Gasteiger partial charge in [0, 0.05) is 26.6 Å². The molecular formula is C13H24N2O3. The Morgan fingerprint density at radius 3 is 2.72 bits per heavy atom. The summed E-state index contributed by atoms with van der Waals surface area (Å²) >= 11 is 0. The molecule has 1 aliphatic rings. The van der Waals surface area contributed by atoms with Crippen molar-refractivity contribution in [2.45, 2.75) is 39.5 Å². The first-order valence-electron chi connectivity index (χ1n) is 6.70. The third-order valence-electron chi connectivity index (χ3n) is 3.64. The van der Waals surface area contributed by atoms with Crippen molar-refractivity contribution in [3.63, 3.8) is 0 Å². The number of carboxylic acid groups (broad SMARTS) is 1. The van der Waals surface area contributed by atoms with Gasteiger partial charge in [0.2, 0.25) is 5.91 Å². The van der Waals surface area contributed by atoms with E-state index in [-0.39, 0.29) is 5.91 Å². The van der Waals surface area contributed by atoms with Crippen LogP contribution in [0.25, 0.3) is 0 Å². The van der Waals surface area contributed by atoms with Crippen LogP contribution in [0.1, 0.15) is 39.5 Å². The SMILES string of the molecule is CCCC1(C(=O)O)CCCN(CCNC(C)=O)C1. The molecule has 1 rings (SSSR count). The molecule has 1 unspecified atom stereocenters. The number of nitrogens with one attached hydrogen (secondary N) is 1. The van der Waals surface area contributed by atoms with Gasteiger partial charge in [-0.2, -0.15) is 0 Å². The molecule has 0 aromatic rings. The lowest BCUT2D eigenvalue weighted by Crippen LogP contribution is -2.49. The maximum absolute atomic E-state index is 11.5. The number of carbonyl (C=O) groups excluding carboxylic acids is 1. The van der Waals surface area contributed by atoms with Crippen molar-refractivity contribution in [3.8, 4) is 0 Å².